The van der Waals surface area contributed by atoms with Crippen LogP contribution >= 0.6 is 11.3 Å². The number of thiophene rings is 1. The van der Waals surface area contributed by atoms with Crippen LogP contribution in [0.15, 0.2) is 35.8 Å². The van der Waals surface area contributed by atoms with Gasteiger partial charge in [0.05, 0.1) is 0 Å². The number of aromatic nitrogens is 1. The van der Waals surface area contributed by atoms with Gasteiger partial charge in [-0.3, -0.25) is 0 Å². The van der Waals surface area contributed by atoms with Crippen LogP contribution in [0.25, 0.3) is 17.0 Å². The molecule has 2 nitrogen and oxygen atoms in total. The van der Waals surface area contributed by atoms with E-state index in [1.807, 2.05) is 11.3 Å². The normalized spacial score (nSPS) is 13.8. The molecule has 1 aromatic carbocycles. The summed E-state index contributed by atoms with van der Waals surface area (Å²) in [5.41, 5.74) is 6.99. The Hall–Kier alpha value is -2.00. The maximum absolute atomic E-state index is 2.51. The first-order valence-electron chi connectivity index (χ1n) is 8.16. The number of aryl methyl sites for hydroxylation is 4. The third-order valence-electron chi connectivity index (χ3n) is 4.79. The van der Waals surface area contributed by atoms with Crippen molar-refractivity contribution in [2.75, 3.05) is 7.05 Å². The molecule has 1 aliphatic heterocycles. The maximum atomic E-state index is 2.51. The Kier molecular flexibility index (Phi) is 3.53. The van der Waals surface area contributed by atoms with E-state index in [-0.39, 0.29) is 0 Å². The zero-order valence-electron chi connectivity index (χ0n) is 14.0. The van der Waals surface area contributed by atoms with Crippen LogP contribution in [-0.4, -0.2) is 16.5 Å². The van der Waals surface area contributed by atoms with Gasteiger partial charge in [-0.05, 0) is 55.5 Å². The molecule has 23 heavy (non-hydrogen) atoms. The number of rotatable bonds is 3. The summed E-state index contributed by atoms with van der Waals surface area (Å²) in [6, 6.07) is 9.09. The minimum absolute atomic E-state index is 0.997. The summed E-state index contributed by atoms with van der Waals surface area (Å²) in [5, 5.41) is 3.62. The summed E-state index contributed by atoms with van der Waals surface area (Å²) in [5.74, 6) is 0. The lowest BCUT2D eigenvalue weighted by Gasteiger charge is -2.20. The molecule has 3 aromatic rings. The van der Waals surface area contributed by atoms with E-state index in [2.05, 4.69) is 72.3 Å². The van der Waals surface area contributed by atoms with Crippen molar-refractivity contribution in [1.29, 1.82) is 0 Å². The lowest BCUT2D eigenvalue weighted by atomic mass is 10.1. The number of benzene rings is 1. The highest BCUT2D eigenvalue weighted by atomic mass is 32.1. The summed E-state index contributed by atoms with van der Waals surface area (Å²) in [6.07, 6.45) is 5.58. The van der Waals surface area contributed by atoms with Crippen LogP contribution in [0.1, 0.15) is 27.3 Å². The van der Waals surface area contributed by atoms with E-state index in [4.69, 9.17) is 0 Å². The topological polar surface area (TPSA) is 8.17 Å². The average Bonchev–Trinajstić information content (AvgIpc) is 3.06. The Labute approximate surface area is 141 Å². The van der Waals surface area contributed by atoms with Crippen LogP contribution in [0.3, 0.4) is 0 Å². The third kappa shape index (κ3) is 2.49. The first-order valence-corrected chi connectivity index (χ1v) is 9.04. The fourth-order valence-electron chi connectivity index (χ4n) is 3.53. The van der Waals surface area contributed by atoms with Gasteiger partial charge in [0.25, 0.3) is 0 Å². The van der Waals surface area contributed by atoms with Crippen LogP contribution in [0.2, 0.25) is 0 Å². The first kappa shape index (κ1) is 14.6. The van der Waals surface area contributed by atoms with Crippen molar-refractivity contribution in [2.24, 2.45) is 0 Å². The van der Waals surface area contributed by atoms with Gasteiger partial charge in [-0.1, -0.05) is 11.6 Å². The summed E-state index contributed by atoms with van der Waals surface area (Å²) in [4.78, 5) is 3.77. The minimum Gasteiger partial charge on any atom is -0.376 e. The summed E-state index contributed by atoms with van der Waals surface area (Å²) in [6.45, 7) is 6.44. The molecule has 0 saturated carbocycles. The molecular weight excluding hydrogens is 300 g/mol. The van der Waals surface area contributed by atoms with Gasteiger partial charge in [0.2, 0.25) is 0 Å². The molecule has 3 heteroatoms. The SMILES string of the molecule is Cc1ccc2c(c1)c1c(n2CCc2sccc2C)C=CN(C)C1. The maximum Gasteiger partial charge on any atom is 0.0488 e. The van der Waals surface area contributed by atoms with Crippen molar-refractivity contribution in [3.8, 4) is 0 Å². The van der Waals surface area contributed by atoms with Gasteiger partial charge in [-0.2, -0.15) is 0 Å². The Balaban J connectivity index is 1.80. The lowest BCUT2D eigenvalue weighted by molar-refractivity contribution is 0.447. The second kappa shape index (κ2) is 5.57. The summed E-state index contributed by atoms with van der Waals surface area (Å²) >= 11 is 1.88. The van der Waals surface area contributed by atoms with E-state index < -0.39 is 0 Å². The van der Waals surface area contributed by atoms with E-state index in [0.717, 1.165) is 19.5 Å². The number of fused-ring (bicyclic) bond motifs is 3. The molecule has 0 unspecified atom stereocenters. The molecule has 1 aliphatic rings. The van der Waals surface area contributed by atoms with Crippen LogP contribution in [0.4, 0.5) is 0 Å². The van der Waals surface area contributed by atoms with Gasteiger partial charge < -0.3 is 9.47 Å². The number of hydrogen-bond acceptors (Lipinski definition) is 2. The highest BCUT2D eigenvalue weighted by Gasteiger charge is 2.19. The van der Waals surface area contributed by atoms with E-state index in [9.17, 15) is 0 Å². The Bertz CT molecular complexity index is 898. The van der Waals surface area contributed by atoms with Crippen molar-refractivity contribution < 1.29 is 0 Å². The monoisotopic (exact) mass is 322 g/mol. The van der Waals surface area contributed by atoms with Crippen molar-refractivity contribution >= 4 is 28.3 Å². The second-order valence-corrected chi connectivity index (χ2v) is 7.54. The second-order valence-electron chi connectivity index (χ2n) is 6.54. The molecule has 118 valence electrons. The van der Waals surface area contributed by atoms with Gasteiger partial charge >= 0.3 is 0 Å². The predicted octanol–water partition coefficient (Wildman–Crippen LogP) is 4.98. The van der Waals surface area contributed by atoms with E-state index >= 15 is 0 Å². The number of nitrogens with zero attached hydrogens (tertiary/aromatic N) is 2. The van der Waals surface area contributed by atoms with Gasteiger partial charge in [-0.25, -0.2) is 0 Å². The molecule has 0 aliphatic carbocycles. The molecule has 0 saturated heterocycles. The predicted molar refractivity (Wildman–Crippen MR) is 99.9 cm³/mol. The molecule has 0 radical (unpaired) electrons. The summed E-state index contributed by atoms with van der Waals surface area (Å²) < 4.78 is 2.51. The van der Waals surface area contributed by atoms with Crippen molar-refractivity contribution in [3.05, 3.63) is 63.1 Å². The average molecular weight is 322 g/mol. The highest BCUT2D eigenvalue weighted by molar-refractivity contribution is 7.10. The molecule has 0 spiro atoms. The zero-order valence-corrected chi connectivity index (χ0v) is 14.8. The molecule has 0 atom stereocenters. The van der Waals surface area contributed by atoms with E-state index in [1.54, 1.807) is 0 Å². The van der Waals surface area contributed by atoms with Crippen LogP contribution in [0.5, 0.6) is 0 Å². The van der Waals surface area contributed by atoms with Crippen molar-refractivity contribution in [2.45, 2.75) is 33.4 Å². The Morgan fingerprint density at radius 2 is 2.04 bits per heavy atom. The van der Waals surface area contributed by atoms with Gasteiger partial charge in [0.1, 0.15) is 0 Å². The molecule has 0 fully saturated rings. The fourth-order valence-corrected chi connectivity index (χ4v) is 4.43. The lowest BCUT2D eigenvalue weighted by Crippen LogP contribution is -2.15. The van der Waals surface area contributed by atoms with Gasteiger partial charge in [-0.15, -0.1) is 11.3 Å². The molecule has 2 aromatic heterocycles. The highest BCUT2D eigenvalue weighted by Crippen LogP contribution is 2.32. The quantitative estimate of drug-likeness (QED) is 0.660. The largest absolute Gasteiger partial charge is 0.376 e. The molecule has 0 amide bonds. The zero-order chi connectivity index (χ0) is 16.0. The Morgan fingerprint density at radius 3 is 2.83 bits per heavy atom. The van der Waals surface area contributed by atoms with E-state index in [1.165, 1.54) is 38.2 Å². The minimum atomic E-state index is 0.997. The van der Waals surface area contributed by atoms with Gasteiger partial charge in [0, 0.05) is 53.4 Å². The fraction of sp³-hybridized carbons (Fsp3) is 0.300. The van der Waals surface area contributed by atoms with E-state index in [0.29, 0.717) is 0 Å². The standard InChI is InChI=1S/C20H22N2S/c1-14-4-5-18-16(12-14)17-13-21(3)9-6-19(17)22(18)10-7-20-15(2)8-11-23-20/h4-6,8-9,11-12H,7,10,13H2,1-3H3. The molecule has 0 bridgehead atoms. The smallest absolute Gasteiger partial charge is 0.0488 e. The molecular formula is C20H22N2S. The van der Waals surface area contributed by atoms with Crippen LogP contribution in [0, 0.1) is 13.8 Å². The molecule has 0 N–H and O–H groups in total. The van der Waals surface area contributed by atoms with Crippen molar-refractivity contribution in [1.82, 2.24) is 9.47 Å². The van der Waals surface area contributed by atoms with Crippen LogP contribution < -0.4 is 0 Å². The third-order valence-corrected chi connectivity index (χ3v) is 5.88. The molecule has 3 heterocycles. The Morgan fingerprint density at radius 1 is 1.17 bits per heavy atom. The molecule has 4 rings (SSSR count). The van der Waals surface area contributed by atoms with Crippen molar-refractivity contribution in [3.63, 3.8) is 0 Å². The summed E-state index contributed by atoms with van der Waals surface area (Å²) in [7, 11) is 2.15. The van der Waals surface area contributed by atoms with Crippen LogP contribution in [-0.2, 0) is 19.5 Å². The number of hydrogen-bond donors (Lipinski definition) is 0. The first-order chi connectivity index (χ1) is 11.1. The van der Waals surface area contributed by atoms with Gasteiger partial charge in [0.15, 0.2) is 0 Å².